The van der Waals surface area contributed by atoms with E-state index in [1.807, 2.05) is 42.6 Å². The molecule has 0 radical (unpaired) electrons. The molecule has 8 heteroatoms. The quantitative estimate of drug-likeness (QED) is 0.266. The molecule has 7 nitrogen and oxygen atoms in total. The lowest BCUT2D eigenvalue weighted by Gasteiger charge is -2.17. The first-order valence-electron chi connectivity index (χ1n) is 12.0. The number of allylic oxidation sites excluding steroid dienone is 1. The van der Waals surface area contributed by atoms with Gasteiger partial charge in [0.05, 0.1) is 16.9 Å². The Balaban J connectivity index is 1.82. The smallest absolute Gasteiger partial charge is 0.208 e. The van der Waals surface area contributed by atoms with E-state index >= 15 is 0 Å². The number of aliphatic imine (C=N–C) groups is 1. The standard InChI is InChI=1S/C27H35ClN6O/c1-5-9-25-24(17-31-20(4)10-8-14-29)33-27(34(25)19(2)3)32-21-12-13-26(23(28)16-21)35-18-22-11-6-7-15-30-22/h6-7,11-13,15-17,19H,4-5,8-10,14,18,29H2,1-3H3,(H,32,33)/b31-17-. The van der Waals surface area contributed by atoms with Gasteiger partial charge in [0.15, 0.2) is 0 Å². The summed E-state index contributed by atoms with van der Waals surface area (Å²) in [4.78, 5) is 13.7. The third kappa shape index (κ3) is 7.41. The van der Waals surface area contributed by atoms with Crippen LogP contribution in [0.5, 0.6) is 5.75 Å². The van der Waals surface area contributed by atoms with Crippen LogP contribution >= 0.6 is 11.6 Å². The first-order chi connectivity index (χ1) is 16.9. The summed E-state index contributed by atoms with van der Waals surface area (Å²) in [6.45, 7) is 11.5. The largest absolute Gasteiger partial charge is 0.486 e. The van der Waals surface area contributed by atoms with E-state index in [0.717, 1.165) is 60.1 Å². The first kappa shape index (κ1) is 26.4. The fraction of sp³-hybridized carbons (Fsp3) is 0.370. The van der Waals surface area contributed by atoms with Crippen LogP contribution in [0.3, 0.4) is 0 Å². The highest BCUT2D eigenvalue weighted by atomic mass is 35.5. The highest BCUT2D eigenvalue weighted by molar-refractivity contribution is 6.32. The first-order valence-corrected chi connectivity index (χ1v) is 12.4. The highest BCUT2D eigenvalue weighted by Gasteiger charge is 2.18. The number of nitrogens with zero attached hydrogens (tertiary/aromatic N) is 4. The lowest BCUT2D eigenvalue weighted by Crippen LogP contribution is -2.10. The molecule has 0 fully saturated rings. The van der Waals surface area contributed by atoms with E-state index in [0.29, 0.717) is 23.9 Å². The van der Waals surface area contributed by atoms with E-state index < -0.39 is 0 Å². The third-order valence-electron chi connectivity index (χ3n) is 5.37. The van der Waals surface area contributed by atoms with Gasteiger partial charge in [-0.2, -0.15) is 0 Å². The van der Waals surface area contributed by atoms with Gasteiger partial charge in [-0.3, -0.25) is 9.98 Å². The minimum atomic E-state index is 0.214. The molecule has 0 saturated heterocycles. The summed E-state index contributed by atoms with van der Waals surface area (Å²) >= 11 is 6.52. The normalized spacial score (nSPS) is 11.4. The van der Waals surface area contributed by atoms with Crippen LogP contribution in [0.25, 0.3) is 0 Å². The van der Waals surface area contributed by atoms with Crippen molar-refractivity contribution in [2.45, 2.75) is 59.1 Å². The van der Waals surface area contributed by atoms with Gasteiger partial charge >= 0.3 is 0 Å². The van der Waals surface area contributed by atoms with Crippen LogP contribution in [0.4, 0.5) is 11.6 Å². The molecule has 3 rings (SSSR count). The molecule has 3 N–H and O–H groups in total. The van der Waals surface area contributed by atoms with Crippen molar-refractivity contribution in [3.8, 4) is 5.75 Å². The minimum absolute atomic E-state index is 0.214. The molecule has 0 bridgehead atoms. The summed E-state index contributed by atoms with van der Waals surface area (Å²) < 4.78 is 8.07. The Morgan fingerprint density at radius 2 is 2.14 bits per heavy atom. The van der Waals surface area contributed by atoms with Crippen molar-refractivity contribution in [1.82, 2.24) is 14.5 Å². The minimum Gasteiger partial charge on any atom is -0.486 e. The Morgan fingerprint density at radius 3 is 2.80 bits per heavy atom. The molecule has 3 aromatic rings. The monoisotopic (exact) mass is 494 g/mol. The second kappa shape index (κ2) is 13.1. The van der Waals surface area contributed by atoms with Crippen molar-refractivity contribution in [1.29, 1.82) is 0 Å². The number of hydrogen-bond donors (Lipinski definition) is 2. The van der Waals surface area contributed by atoms with E-state index in [1.54, 1.807) is 6.20 Å². The maximum absolute atomic E-state index is 6.52. The number of anilines is 2. The third-order valence-corrected chi connectivity index (χ3v) is 5.67. The van der Waals surface area contributed by atoms with Crippen LogP contribution in [0.2, 0.25) is 5.02 Å². The number of nitrogens with one attached hydrogen (secondary N) is 1. The van der Waals surface area contributed by atoms with Gasteiger partial charge in [0.1, 0.15) is 18.1 Å². The number of imidazole rings is 1. The maximum atomic E-state index is 6.52. The molecule has 0 amide bonds. The Morgan fingerprint density at radius 1 is 1.31 bits per heavy atom. The zero-order valence-electron chi connectivity index (χ0n) is 20.8. The summed E-state index contributed by atoms with van der Waals surface area (Å²) in [6.07, 6.45) is 7.10. The summed E-state index contributed by atoms with van der Waals surface area (Å²) in [7, 11) is 0. The van der Waals surface area contributed by atoms with Gasteiger partial charge < -0.3 is 20.4 Å². The van der Waals surface area contributed by atoms with Crippen molar-refractivity contribution in [3.63, 3.8) is 0 Å². The number of hydrogen-bond acceptors (Lipinski definition) is 6. The van der Waals surface area contributed by atoms with Gasteiger partial charge in [0.2, 0.25) is 5.95 Å². The summed E-state index contributed by atoms with van der Waals surface area (Å²) in [5, 5.41) is 3.95. The fourth-order valence-corrected chi connectivity index (χ4v) is 3.94. The van der Waals surface area contributed by atoms with Crippen molar-refractivity contribution in [2.75, 3.05) is 11.9 Å². The van der Waals surface area contributed by atoms with E-state index in [1.165, 1.54) is 0 Å². The summed E-state index contributed by atoms with van der Waals surface area (Å²) in [5.41, 5.74) is 10.1. The average molecular weight is 495 g/mol. The fourth-order valence-electron chi connectivity index (χ4n) is 3.70. The van der Waals surface area contributed by atoms with Crippen LogP contribution in [0.1, 0.15) is 63.2 Å². The van der Waals surface area contributed by atoms with Crippen molar-refractivity contribution in [3.05, 3.63) is 77.0 Å². The van der Waals surface area contributed by atoms with Crippen molar-refractivity contribution >= 4 is 29.5 Å². The molecule has 2 heterocycles. The number of aromatic nitrogens is 3. The molecule has 35 heavy (non-hydrogen) atoms. The lowest BCUT2D eigenvalue weighted by molar-refractivity contribution is 0.301. The van der Waals surface area contributed by atoms with Crippen LogP contribution < -0.4 is 15.8 Å². The number of rotatable bonds is 13. The van der Waals surface area contributed by atoms with Crippen molar-refractivity contribution in [2.24, 2.45) is 10.7 Å². The Bertz CT molecular complexity index is 1140. The lowest BCUT2D eigenvalue weighted by atomic mass is 10.2. The van der Waals surface area contributed by atoms with Crippen LogP contribution in [-0.4, -0.2) is 27.3 Å². The van der Waals surface area contributed by atoms with E-state index in [9.17, 15) is 0 Å². The van der Waals surface area contributed by atoms with Gasteiger partial charge in [-0.1, -0.05) is 37.6 Å². The highest BCUT2D eigenvalue weighted by Crippen LogP contribution is 2.31. The molecule has 0 aliphatic heterocycles. The van der Waals surface area contributed by atoms with Gasteiger partial charge in [0, 0.05) is 29.3 Å². The topological polar surface area (TPSA) is 90.3 Å². The maximum Gasteiger partial charge on any atom is 0.208 e. The second-order valence-corrected chi connectivity index (χ2v) is 8.98. The Labute approximate surface area is 213 Å². The van der Waals surface area contributed by atoms with Gasteiger partial charge in [-0.15, -0.1) is 0 Å². The SMILES string of the molecule is C=C(CCCN)/N=C\c1nc(Nc2ccc(OCc3ccccn3)c(Cl)c2)n(C(C)C)c1CCC. The van der Waals surface area contributed by atoms with Crippen LogP contribution in [0, 0.1) is 0 Å². The van der Waals surface area contributed by atoms with Crippen LogP contribution in [-0.2, 0) is 13.0 Å². The Kier molecular flexibility index (Phi) is 9.87. The summed E-state index contributed by atoms with van der Waals surface area (Å²) in [5.74, 6) is 1.35. The van der Waals surface area contributed by atoms with Gasteiger partial charge in [0.25, 0.3) is 0 Å². The van der Waals surface area contributed by atoms with E-state index in [2.05, 4.69) is 47.2 Å². The molecule has 0 atom stereocenters. The number of benzene rings is 1. The molecule has 2 aromatic heterocycles. The zero-order valence-corrected chi connectivity index (χ0v) is 21.6. The van der Waals surface area contributed by atoms with Crippen molar-refractivity contribution < 1.29 is 4.74 Å². The molecule has 0 spiro atoms. The van der Waals surface area contributed by atoms with Gasteiger partial charge in [-0.25, -0.2) is 4.98 Å². The molecule has 1 aromatic carbocycles. The second-order valence-electron chi connectivity index (χ2n) is 8.58. The molecule has 0 unspecified atom stereocenters. The van der Waals surface area contributed by atoms with E-state index in [-0.39, 0.29) is 6.04 Å². The van der Waals surface area contributed by atoms with E-state index in [4.69, 9.17) is 27.1 Å². The molecule has 0 aliphatic carbocycles. The molecule has 0 aliphatic rings. The predicted molar refractivity (Wildman–Crippen MR) is 145 cm³/mol. The number of halogens is 1. The predicted octanol–water partition coefficient (Wildman–Crippen LogP) is 6.46. The molecule has 0 saturated carbocycles. The molecular formula is C27H35ClN6O. The zero-order chi connectivity index (χ0) is 25.2. The Hall–Kier alpha value is -3.16. The summed E-state index contributed by atoms with van der Waals surface area (Å²) in [6, 6.07) is 11.6. The number of pyridine rings is 1. The molecular weight excluding hydrogens is 460 g/mol. The van der Waals surface area contributed by atoms with Crippen LogP contribution in [0.15, 0.2) is 59.9 Å². The number of ether oxygens (including phenoxy) is 1. The average Bonchev–Trinajstić information content (AvgIpc) is 3.18. The molecule has 186 valence electrons. The van der Waals surface area contributed by atoms with Gasteiger partial charge in [-0.05, 0) is 70.0 Å². The number of nitrogens with two attached hydrogens (primary N) is 1.